The number of hydrogen-bond acceptors (Lipinski definition) is 4. The van der Waals surface area contributed by atoms with E-state index >= 15 is 0 Å². The highest BCUT2D eigenvalue weighted by atomic mass is 32.2. The van der Waals surface area contributed by atoms with Crippen molar-refractivity contribution in [2.75, 3.05) is 7.05 Å². The zero-order valence-electron chi connectivity index (χ0n) is 11.1. The summed E-state index contributed by atoms with van der Waals surface area (Å²) in [5.41, 5.74) is 1.65. The number of sulfonamides is 1. The summed E-state index contributed by atoms with van der Waals surface area (Å²) in [6.07, 6.45) is 1.35. The smallest absolute Gasteiger partial charge is 0.243 e. The minimum Gasteiger partial charge on any atom is -0.262 e. The molecule has 19 heavy (non-hydrogen) atoms. The van der Waals surface area contributed by atoms with E-state index in [2.05, 4.69) is 15.2 Å². The van der Waals surface area contributed by atoms with E-state index < -0.39 is 10.0 Å². The quantitative estimate of drug-likeness (QED) is 0.914. The first-order chi connectivity index (χ1) is 8.91. The van der Waals surface area contributed by atoms with Crippen molar-refractivity contribution >= 4 is 10.0 Å². The van der Waals surface area contributed by atoms with Crippen LogP contribution in [-0.4, -0.2) is 35.0 Å². The Morgan fingerprint density at radius 1 is 1.32 bits per heavy atom. The molecule has 1 aromatic heterocycles. The van der Waals surface area contributed by atoms with Gasteiger partial charge in [0, 0.05) is 7.05 Å². The summed E-state index contributed by atoms with van der Waals surface area (Å²) >= 11 is 0. The van der Waals surface area contributed by atoms with E-state index in [1.165, 1.54) is 17.7 Å². The molecule has 0 unspecified atom stereocenters. The van der Waals surface area contributed by atoms with Gasteiger partial charge in [0.05, 0.1) is 11.4 Å². The van der Waals surface area contributed by atoms with Gasteiger partial charge in [0.25, 0.3) is 0 Å². The van der Waals surface area contributed by atoms with E-state index in [1.54, 1.807) is 13.0 Å². The number of H-pyrrole nitrogens is 1. The molecule has 0 spiro atoms. The zero-order valence-corrected chi connectivity index (χ0v) is 11.9. The van der Waals surface area contributed by atoms with Crippen molar-refractivity contribution in [1.29, 1.82) is 0 Å². The Hall–Kier alpha value is -1.73. The molecule has 102 valence electrons. The fourth-order valence-electron chi connectivity index (χ4n) is 1.76. The minimum absolute atomic E-state index is 0.162. The first kappa shape index (κ1) is 13.7. The third-order valence-corrected chi connectivity index (χ3v) is 4.81. The van der Waals surface area contributed by atoms with Crippen molar-refractivity contribution in [3.05, 3.63) is 41.5 Å². The van der Waals surface area contributed by atoms with E-state index in [9.17, 15) is 8.42 Å². The van der Waals surface area contributed by atoms with Gasteiger partial charge in [-0.3, -0.25) is 5.10 Å². The summed E-state index contributed by atoms with van der Waals surface area (Å²) in [5.74, 6) is 0.511. The van der Waals surface area contributed by atoms with Crippen molar-refractivity contribution < 1.29 is 8.42 Å². The van der Waals surface area contributed by atoms with Crippen LogP contribution in [0.2, 0.25) is 0 Å². The Morgan fingerprint density at radius 2 is 2.05 bits per heavy atom. The van der Waals surface area contributed by atoms with E-state index in [1.807, 2.05) is 19.1 Å². The van der Waals surface area contributed by atoms with Crippen LogP contribution in [0.4, 0.5) is 0 Å². The largest absolute Gasteiger partial charge is 0.262 e. The molecule has 0 radical (unpaired) electrons. The molecule has 0 aliphatic heterocycles. The average Bonchev–Trinajstić information content (AvgIpc) is 2.85. The molecule has 6 nitrogen and oxygen atoms in total. The molecule has 0 aliphatic rings. The second-order valence-corrected chi connectivity index (χ2v) is 6.48. The third kappa shape index (κ3) is 2.82. The molecule has 0 amide bonds. The van der Waals surface area contributed by atoms with Gasteiger partial charge in [-0.25, -0.2) is 13.4 Å². The van der Waals surface area contributed by atoms with Gasteiger partial charge in [0.15, 0.2) is 0 Å². The van der Waals surface area contributed by atoms with Gasteiger partial charge in [-0.05, 0) is 31.0 Å². The molecule has 0 atom stereocenters. The summed E-state index contributed by atoms with van der Waals surface area (Å²) in [4.78, 5) is 4.26. The van der Waals surface area contributed by atoms with Gasteiger partial charge in [-0.1, -0.05) is 12.1 Å². The lowest BCUT2D eigenvalue weighted by atomic mass is 10.2. The number of aromatic nitrogens is 3. The van der Waals surface area contributed by atoms with Gasteiger partial charge < -0.3 is 0 Å². The summed E-state index contributed by atoms with van der Waals surface area (Å²) in [5, 5.41) is 6.35. The topological polar surface area (TPSA) is 79.0 Å². The van der Waals surface area contributed by atoms with Crippen molar-refractivity contribution in [2.24, 2.45) is 0 Å². The average molecular weight is 280 g/mol. The van der Waals surface area contributed by atoms with Gasteiger partial charge in [0.1, 0.15) is 12.2 Å². The normalized spacial score (nSPS) is 12.0. The van der Waals surface area contributed by atoms with Gasteiger partial charge in [-0.2, -0.15) is 9.40 Å². The molecule has 1 heterocycles. The van der Waals surface area contributed by atoms with Crippen molar-refractivity contribution in [3.63, 3.8) is 0 Å². The van der Waals surface area contributed by atoms with Gasteiger partial charge in [0.2, 0.25) is 10.0 Å². The van der Waals surface area contributed by atoms with Gasteiger partial charge in [-0.15, -0.1) is 0 Å². The molecule has 1 aromatic carbocycles. The van der Waals surface area contributed by atoms with Crippen LogP contribution in [0.3, 0.4) is 0 Å². The minimum atomic E-state index is -3.52. The van der Waals surface area contributed by atoms with Crippen LogP contribution in [0.25, 0.3) is 0 Å². The lowest BCUT2D eigenvalue weighted by molar-refractivity contribution is 0.457. The number of aromatic amines is 1. The lowest BCUT2D eigenvalue weighted by Gasteiger charge is -2.17. The van der Waals surface area contributed by atoms with Crippen LogP contribution < -0.4 is 0 Å². The predicted octanol–water partition coefficient (Wildman–Crippen LogP) is 1.24. The molecule has 0 saturated carbocycles. The van der Waals surface area contributed by atoms with E-state index in [0.717, 1.165) is 11.1 Å². The second kappa shape index (κ2) is 5.10. The third-order valence-electron chi connectivity index (χ3n) is 2.87. The predicted molar refractivity (Wildman–Crippen MR) is 71.0 cm³/mol. The molecular formula is C12H16N4O2S. The Labute approximate surface area is 112 Å². The summed E-state index contributed by atoms with van der Waals surface area (Å²) in [7, 11) is -2.00. The number of nitrogens with one attached hydrogen (secondary N) is 1. The summed E-state index contributed by atoms with van der Waals surface area (Å²) in [6.45, 7) is 3.82. The van der Waals surface area contributed by atoms with Crippen LogP contribution in [0.5, 0.6) is 0 Å². The Bertz CT molecular complexity index is 665. The second-order valence-electron chi connectivity index (χ2n) is 4.46. The first-order valence-electron chi connectivity index (χ1n) is 5.79. The Balaban J connectivity index is 2.33. The number of benzene rings is 1. The molecule has 0 aliphatic carbocycles. The van der Waals surface area contributed by atoms with Crippen LogP contribution in [0.15, 0.2) is 29.4 Å². The highest BCUT2D eigenvalue weighted by Crippen LogP contribution is 2.21. The van der Waals surface area contributed by atoms with Gasteiger partial charge >= 0.3 is 0 Å². The number of aryl methyl sites for hydroxylation is 2. The maximum atomic E-state index is 12.5. The summed E-state index contributed by atoms with van der Waals surface area (Å²) in [6, 6.07) is 5.39. The van der Waals surface area contributed by atoms with Crippen LogP contribution in [0, 0.1) is 13.8 Å². The molecular weight excluding hydrogens is 264 g/mol. The van der Waals surface area contributed by atoms with Crippen LogP contribution in [-0.2, 0) is 16.6 Å². The number of nitrogens with zero attached hydrogens (tertiary/aromatic N) is 3. The lowest BCUT2D eigenvalue weighted by Crippen LogP contribution is -2.27. The maximum Gasteiger partial charge on any atom is 0.243 e. The number of hydrogen-bond donors (Lipinski definition) is 1. The standard InChI is InChI=1S/C12H16N4O2S/c1-9-4-5-10(2)11(6-9)19(17,18)16(3)7-12-13-8-14-15-12/h4-6,8H,7H2,1-3H3,(H,13,14,15). The molecule has 2 aromatic rings. The van der Waals surface area contributed by atoms with E-state index in [-0.39, 0.29) is 6.54 Å². The molecule has 0 bridgehead atoms. The highest BCUT2D eigenvalue weighted by molar-refractivity contribution is 7.89. The van der Waals surface area contributed by atoms with Crippen molar-refractivity contribution in [3.8, 4) is 0 Å². The molecule has 1 N–H and O–H groups in total. The van der Waals surface area contributed by atoms with Crippen LogP contribution in [0.1, 0.15) is 17.0 Å². The number of rotatable bonds is 4. The van der Waals surface area contributed by atoms with E-state index in [0.29, 0.717) is 10.7 Å². The molecule has 0 fully saturated rings. The molecule has 0 saturated heterocycles. The Kier molecular flexibility index (Phi) is 3.68. The Morgan fingerprint density at radius 3 is 2.68 bits per heavy atom. The molecule has 7 heteroatoms. The highest BCUT2D eigenvalue weighted by Gasteiger charge is 2.23. The fourth-order valence-corrected chi connectivity index (χ4v) is 3.19. The van der Waals surface area contributed by atoms with Crippen molar-refractivity contribution in [2.45, 2.75) is 25.3 Å². The van der Waals surface area contributed by atoms with E-state index in [4.69, 9.17) is 0 Å². The van der Waals surface area contributed by atoms with Crippen LogP contribution >= 0.6 is 0 Å². The van der Waals surface area contributed by atoms with Crippen molar-refractivity contribution in [1.82, 2.24) is 19.5 Å². The maximum absolute atomic E-state index is 12.5. The fraction of sp³-hybridized carbons (Fsp3) is 0.333. The monoisotopic (exact) mass is 280 g/mol. The summed E-state index contributed by atoms with van der Waals surface area (Å²) < 4.78 is 26.2. The molecule has 2 rings (SSSR count). The SMILES string of the molecule is Cc1ccc(C)c(S(=O)(=O)N(C)Cc2ncn[nH]2)c1. The first-order valence-corrected chi connectivity index (χ1v) is 7.23. The zero-order chi connectivity index (χ0) is 14.0.